The van der Waals surface area contributed by atoms with E-state index in [0.29, 0.717) is 12.2 Å². The maximum absolute atomic E-state index is 12.1. The molecule has 2 aliphatic heterocycles. The van der Waals surface area contributed by atoms with Crippen LogP contribution < -0.4 is 14.8 Å². The Morgan fingerprint density at radius 2 is 2.00 bits per heavy atom. The Morgan fingerprint density at radius 1 is 1.13 bits per heavy atom. The maximum Gasteiger partial charge on any atom is 0.231 e. The average molecular weight is 307 g/mol. The first-order valence-corrected chi connectivity index (χ1v) is 7.44. The molecule has 2 aromatic carbocycles. The van der Waals surface area contributed by atoms with Crippen LogP contribution >= 0.6 is 0 Å². The van der Waals surface area contributed by atoms with Crippen LogP contribution in [0.25, 0.3) is 10.9 Å². The summed E-state index contributed by atoms with van der Waals surface area (Å²) in [6.07, 6.45) is 2.20. The molecule has 3 heterocycles. The molecule has 6 heteroatoms. The first-order valence-electron chi connectivity index (χ1n) is 7.44. The number of fused-ring (bicyclic) bond motifs is 3. The summed E-state index contributed by atoms with van der Waals surface area (Å²) in [4.78, 5) is 12.1. The van der Waals surface area contributed by atoms with Gasteiger partial charge in [0.25, 0.3) is 0 Å². The summed E-state index contributed by atoms with van der Waals surface area (Å²) in [5.41, 5.74) is 3.89. The Morgan fingerprint density at radius 3 is 2.91 bits per heavy atom. The molecule has 0 spiro atoms. The van der Waals surface area contributed by atoms with Gasteiger partial charge in [-0.15, -0.1) is 0 Å². The van der Waals surface area contributed by atoms with E-state index in [9.17, 15) is 4.79 Å². The van der Waals surface area contributed by atoms with Gasteiger partial charge >= 0.3 is 0 Å². The summed E-state index contributed by atoms with van der Waals surface area (Å²) in [5, 5.41) is 11.0. The maximum atomic E-state index is 12.1. The smallest absolute Gasteiger partial charge is 0.231 e. The predicted molar refractivity (Wildman–Crippen MR) is 83.7 cm³/mol. The number of benzene rings is 2. The molecule has 23 heavy (non-hydrogen) atoms. The lowest BCUT2D eigenvalue weighted by atomic mass is 9.84. The number of H-pyrrole nitrogens is 1. The third-order valence-corrected chi connectivity index (χ3v) is 4.45. The molecule has 114 valence electrons. The van der Waals surface area contributed by atoms with Crippen molar-refractivity contribution in [3.05, 3.63) is 47.7 Å². The van der Waals surface area contributed by atoms with E-state index < -0.39 is 0 Å². The van der Waals surface area contributed by atoms with Crippen molar-refractivity contribution in [1.29, 1.82) is 0 Å². The average Bonchev–Trinajstić information content (AvgIpc) is 3.19. The Balaban J connectivity index is 1.67. The molecule has 6 nitrogen and oxygen atoms in total. The van der Waals surface area contributed by atoms with Crippen LogP contribution in [0.15, 0.2) is 36.5 Å². The van der Waals surface area contributed by atoms with E-state index >= 15 is 0 Å². The Hall–Kier alpha value is -3.02. The van der Waals surface area contributed by atoms with Crippen LogP contribution in [0, 0.1) is 0 Å². The van der Waals surface area contributed by atoms with E-state index in [1.165, 1.54) is 0 Å². The Labute approximate surface area is 131 Å². The number of carbonyl (C=O) groups is 1. The SMILES string of the molecule is O=C1CC(c2ccc3cn[nH]c3c2)c2cc3c(cc2N1)OCO3. The number of aromatic nitrogens is 2. The normalized spacial score (nSPS) is 18.8. The van der Waals surface area contributed by atoms with Crippen molar-refractivity contribution in [2.24, 2.45) is 0 Å². The number of nitrogens with one attached hydrogen (secondary N) is 2. The Bertz CT molecular complexity index is 947. The summed E-state index contributed by atoms with van der Waals surface area (Å²) in [6, 6.07) is 9.94. The number of rotatable bonds is 1. The van der Waals surface area contributed by atoms with Crippen molar-refractivity contribution in [3.63, 3.8) is 0 Å². The summed E-state index contributed by atoms with van der Waals surface area (Å²) in [5.74, 6) is 1.40. The van der Waals surface area contributed by atoms with E-state index in [0.717, 1.165) is 33.5 Å². The van der Waals surface area contributed by atoms with Crippen molar-refractivity contribution in [2.75, 3.05) is 12.1 Å². The van der Waals surface area contributed by atoms with Crippen LogP contribution in [0.3, 0.4) is 0 Å². The molecule has 1 unspecified atom stereocenters. The second kappa shape index (κ2) is 4.49. The number of anilines is 1. The van der Waals surface area contributed by atoms with Gasteiger partial charge in [0, 0.05) is 29.5 Å². The summed E-state index contributed by atoms with van der Waals surface area (Å²) in [7, 11) is 0. The molecule has 0 radical (unpaired) electrons. The lowest BCUT2D eigenvalue weighted by molar-refractivity contribution is -0.116. The summed E-state index contributed by atoms with van der Waals surface area (Å²) < 4.78 is 10.9. The van der Waals surface area contributed by atoms with Gasteiger partial charge in [0.05, 0.1) is 11.7 Å². The first-order chi connectivity index (χ1) is 11.3. The topological polar surface area (TPSA) is 76.2 Å². The highest BCUT2D eigenvalue weighted by Crippen LogP contribution is 2.44. The highest BCUT2D eigenvalue weighted by molar-refractivity contribution is 5.96. The van der Waals surface area contributed by atoms with Crippen LogP contribution in [0.4, 0.5) is 5.69 Å². The number of carbonyl (C=O) groups excluding carboxylic acids is 1. The van der Waals surface area contributed by atoms with Gasteiger partial charge in [-0.25, -0.2) is 0 Å². The molecule has 2 aliphatic rings. The molecule has 1 amide bonds. The third-order valence-electron chi connectivity index (χ3n) is 4.45. The summed E-state index contributed by atoms with van der Waals surface area (Å²) in [6.45, 7) is 0.219. The quantitative estimate of drug-likeness (QED) is 0.725. The fraction of sp³-hybridized carbons (Fsp3) is 0.176. The number of nitrogens with zero attached hydrogens (tertiary/aromatic N) is 1. The zero-order chi connectivity index (χ0) is 15.4. The first kappa shape index (κ1) is 12.5. The molecule has 5 rings (SSSR count). The monoisotopic (exact) mass is 307 g/mol. The van der Waals surface area contributed by atoms with Gasteiger partial charge < -0.3 is 14.8 Å². The number of aromatic amines is 1. The van der Waals surface area contributed by atoms with E-state index in [-0.39, 0.29) is 18.6 Å². The summed E-state index contributed by atoms with van der Waals surface area (Å²) >= 11 is 0. The molecular formula is C17H13N3O3. The van der Waals surface area contributed by atoms with Crippen LogP contribution in [0.2, 0.25) is 0 Å². The minimum atomic E-state index is -0.0130. The highest BCUT2D eigenvalue weighted by Gasteiger charge is 2.30. The molecular weight excluding hydrogens is 294 g/mol. The van der Waals surface area contributed by atoms with Crippen molar-refractivity contribution in [1.82, 2.24) is 10.2 Å². The fourth-order valence-corrected chi connectivity index (χ4v) is 3.32. The van der Waals surface area contributed by atoms with Crippen molar-refractivity contribution in [2.45, 2.75) is 12.3 Å². The molecule has 0 aliphatic carbocycles. The zero-order valence-corrected chi connectivity index (χ0v) is 12.1. The van der Waals surface area contributed by atoms with Gasteiger partial charge in [-0.2, -0.15) is 5.10 Å². The molecule has 1 aromatic heterocycles. The third kappa shape index (κ3) is 1.88. The molecule has 0 saturated carbocycles. The van der Waals surface area contributed by atoms with Gasteiger partial charge in [-0.05, 0) is 23.3 Å². The predicted octanol–water partition coefficient (Wildman–Crippen LogP) is 2.77. The lowest BCUT2D eigenvalue weighted by Gasteiger charge is -2.26. The van der Waals surface area contributed by atoms with Gasteiger partial charge in [-0.3, -0.25) is 9.89 Å². The van der Waals surface area contributed by atoms with Crippen LogP contribution in [0.1, 0.15) is 23.5 Å². The van der Waals surface area contributed by atoms with Gasteiger partial charge in [0.1, 0.15) is 0 Å². The number of hydrogen-bond donors (Lipinski definition) is 2. The molecule has 0 saturated heterocycles. The van der Waals surface area contributed by atoms with E-state index in [2.05, 4.69) is 27.6 Å². The van der Waals surface area contributed by atoms with Gasteiger partial charge in [-0.1, -0.05) is 12.1 Å². The van der Waals surface area contributed by atoms with Gasteiger partial charge in [0.15, 0.2) is 11.5 Å². The second-order valence-corrected chi connectivity index (χ2v) is 5.81. The molecule has 1 atom stereocenters. The highest BCUT2D eigenvalue weighted by atomic mass is 16.7. The molecule has 0 bridgehead atoms. The van der Waals surface area contributed by atoms with E-state index in [1.807, 2.05) is 18.2 Å². The standard InChI is InChI=1S/C17H13N3O3/c21-17-5-11(9-1-2-10-7-18-20-13(10)3-9)12-4-15-16(23-8-22-15)6-14(12)19-17/h1-4,6-7,11H,5,8H2,(H,18,20)(H,19,21). The lowest BCUT2D eigenvalue weighted by Crippen LogP contribution is -2.23. The molecule has 0 fully saturated rings. The van der Waals surface area contributed by atoms with Gasteiger partial charge in [0.2, 0.25) is 12.7 Å². The van der Waals surface area contributed by atoms with Crippen LogP contribution in [-0.4, -0.2) is 22.9 Å². The Kier molecular flexibility index (Phi) is 2.44. The van der Waals surface area contributed by atoms with E-state index in [1.54, 1.807) is 6.20 Å². The van der Waals surface area contributed by atoms with Crippen molar-refractivity contribution in [3.8, 4) is 11.5 Å². The minimum absolute atomic E-state index is 0.00562. The van der Waals surface area contributed by atoms with Crippen LogP contribution in [0.5, 0.6) is 11.5 Å². The number of amides is 1. The van der Waals surface area contributed by atoms with E-state index in [4.69, 9.17) is 9.47 Å². The molecule has 3 aromatic rings. The minimum Gasteiger partial charge on any atom is -0.454 e. The fourth-order valence-electron chi connectivity index (χ4n) is 3.32. The van der Waals surface area contributed by atoms with Crippen molar-refractivity contribution >= 4 is 22.5 Å². The number of ether oxygens (including phenoxy) is 2. The second-order valence-electron chi connectivity index (χ2n) is 5.81. The van der Waals surface area contributed by atoms with Crippen LogP contribution in [-0.2, 0) is 4.79 Å². The molecule has 2 N–H and O–H groups in total. The number of hydrogen-bond acceptors (Lipinski definition) is 4. The van der Waals surface area contributed by atoms with Crippen molar-refractivity contribution < 1.29 is 14.3 Å². The zero-order valence-electron chi connectivity index (χ0n) is 12.1. The largest absolute Gasteiger partial charge is 0.454 e.